The minimum Gasteiger partial charge on any atom is -0.310 e. The molecule has 0 heterocycles. The molecule has 0 aliphatic heterocycles. The first kappa shape index (κ1) is 9.25. The van der Waals surface area contributed by atoms with Crippen LogP contribution < -0.4 is 0 Å². The van der Waals surface area contributed by atoms with E-state index in [-0.39, 0.29) is 0 Å². The molecule has 0 atom stereocenters. The van der Waals surface area contributed by atoms with Gasteiger partial charge in [-0.2, -0.15) is 0 Å². The lowest BCUT2D eigenvalue weighted by molar-refractivity contribution is 0.524. The molecule has 0 radical (unpaired) electrons. The monoisotopic (exact) mass is 106 g/mol. The van der Waals surface area contributed by atoms with Crippen molar-refractivity contribution < 1.29 is 9.46 Å². The fourth-order valence-corrected chi connectivity index (χ4v) is 0. The van der Waals surface area contributed by atoms with E-state index < -0.39 is 8.69 Å². The van der Waals surface area contributed by atoms with Gasteiger partial charge in [-0.15, -0.1) is 6.58 Å². The smallest absolute Gasteiger partial charge is 0.310 e. The number of hydrogen-bond donors (Lipinski definition) is 1. The van der Waals surface area contributed by atoms with Gasteiger partial charge in [0.05, 0.1) is 0 Å². The SMILES string of the molecule is C=CC.O=PO. The van der Waals surface area contributed by atoms with Crippen LogP contribution >= 0.6 is 8.69 Å². The maximum absolute atomic E-state index is 8.46. The van der Waals surface area contributed by atoms with E-state index in [1.54, 1.807) is 6.08 Å². The Kier molecular flexibility index (Phi) is 33.0. The predicted molar refractivity (Wildman–Crippen MR) is 25.7 cm³/mol. The Labute approximate surface area is 38.8 Å². The first-order valence-corrected chi connectivity index (χ1v) is 2.13. The molecule has 6 heavy (non-hydrogen) atoms. The Morgan fingerprint density at radius 1 is 2.00 bits per heavy atom. The normalized spacial score (nSPS) is 5.67. The first-order valence-electron chi connectivity index (χ1n) is 1.37. The van der Waals surface area contributed by atoms with Gasteiger partial charge >= 0.3 is 8.69 Å². The summed E-state index contributed by atoms with van der Waals surface area (Å²) >= 11 is 0. The Morgan fingerprint density at radius 2 is 2.00 bits per heavy atom. The van der Waals surface area contributed by atoms with Crippen molar-refractivity contribution >= 4 is 8.69 Å². The van der Waals surface area contributed by atoms with Crippen LogP contribution in [0.4, 0.5) is 0 Å². The van der Waals surface area contributed by atoms with Gasteiger partial charge in [-0.25, -0.2) is 4.57 Å². The summed E-state index contributed by atoms with van der Waals surface area (Å²) in [6.45, 7) is 5.25. The molecule has 0 aliphatic rings. The van der Waals surface area contributed by atoms with Gasteiger partial charge in [0.2, 0.25) is 0 Å². The molecule has 0 aromatic carbocycles. The van der Waals surface area contributed by atoms with Crippen LogP contribution in [-0.2, 0) is 4.57 Å². The largest absolute Gasteiger partial charge is 0.324 e. The van der Waals surface area contributed by atoms with Gasteiger partial charge in [0.25, 0.3) is 0 Å². The minimum atomic E-state index is -0.833. The molecule has 36 valence electrons. The van der Waals surface area contributed by atoms with E-state index in [4.69, 9.17) is 9.46 Å². The standard InChI is InChI=1S/C3H6.HO2P/c2*1-3-2/h3H,1H2,2H3;(H,1,2). The maximum atomic E-state index is 8.46. The third kappa shape index (κ3) is 745. The molecule has 0 aromatic heterocycles. The Bertz CT molecular complexity index is 29.8. The fourth-order valence-electron chi connectivity index (χ4n) is 0. The molecule has 0 aromatic rings. The van der Waals surface area contributed by atoms with Crippen molar-refractivity contribution in [3.05, 3.63) is 12.7 Å². The van der Waals surface area contributed by atoms with Crippen molar-refractivity contribution in [3.63, 3.8) is 0 Å². The molecule has 0 saturated carbocycles. The average Bonchev–Trinajstić information content (AvgIpc) is 1.39. The van der Waals surface area contributed by atoms with Crippen molar-refractivity contribution in [1.29, 1.82) is 0 Å². The summed E-state index contributed by atoms with van der Waals surface area (Å²) in [5.41, 5.74) is 0. The van der Waals surface area contributed by atoms with Gasteiger partial charge in [-0.1, -0.05) is 6.08 Å². The molecule has 0 amide bonds. The molecular weight excluding hydrogens is 99.0 g/mol. The van der Waals surface area contributed by atoms with Crippen molar-refractivity contribution in [2.75, 3.05) is 0 Å². The highest BCUT2D eigenvalue weighted by molar-refractivity contribution is 7.16. The number of allylic oxidation sites excluding steroid dienone is 1. The molecular formula is C3H7O2P. The van der Waals surface area contributed by atoms with E-state index in [2.05, 4.69) is 6.58 Å². The Morgan fingerprint density at radius 3 is 2.00 bits per heavy atom. The molecule has 0 bridgehead atoms. The zero-order valence-electron chi connectivity index (χ0n) is 3.59. The van der Waals surface area contributed by atoms with Gasteiger partial charge in [0, 0.05) is 0 Å². The van der Waals surface area contributed by atoms with Gasteiger partial charge < -0.3 is 4.89 Å². The summed E-state index contributed by atoms with van der Waals surface area (Å²) in [5.74, 6) is 0. The lowest BCUT2D eigenvalue weighted by Gasteiger charge is -1.31. The zero-order chi connectivity index (χ0) is 5.41. The Hall–Kier alpha value is -0.200. The second-order valence-corrected chi connectivity index (χ2v) is 0.653. The summed E-state index contributed by atoms with van der Waals surface area (Å²) in [6, 6.07) is 0. The highest BCUT2D eigenvalue weighted by Gasteiger charge is 1.28. The van der Waals surface area contributed by atoms with E-state index in [0.29, 0.717) is 0 Å². The number of hydrogen-bond acceptors (Lipinski definition) is 1. The first-order chi connectivity index (χ1) is 2.83. The van der Waals surface area contributed by atoms with E-state index in [1.807, 2.05) is 6.92 Å². The summed E-state index contributed by atoms with van der Waals surface area (Å²) in [6.07, 6.45) is 1.75. The second kappa shape index (κ2) is 21.4. The van der Waals surface area contributed by atoms with Crippen molar-refractivity contribution in [2.45, 2.75) is 6.92 Å². The fraction of sp³-hybridized carbons (Fsp3) is 0.333. The molecule has 0 spiro atoms. The van der Waals surface area contributed by atoms with Crippen LogP contribution in [0.2, 0.25) is 0 Å². The summed E-state index contributed by atoms with van der Waals surface area (Å²) in [7, 11) is -0.833. The molecule has 0 rings (SSSR count). The average molecular weight is 106 g/mol. The topological polar surface area (TPSA) is 37.3 Å². The second-order valence-electron chi connectivity index (χ2n) is 0.490. The molecule has 0 saturated heterocycles. The van der Waals surface area contributed by atoms with Crippen molar-refractivity contribution in [1.82, 2.24) is 0 Å². The lowest BCUT2D eigenvalue weighted by atomic mass is 10.8. The highest BCUT2D eigenvalue weighted by atomic mass is 31.1. The van der Waals surface area contributed by atoms with Crippen LogP contribution in [0.25, 0.3) is 0 Å². The van der Waals surface area contributed by atoms with Gasteiger partial charge in [0.1, 0.15) is 0 Å². The van der Waals surface area contributed by atoms with Crippen LogP contribution in [0.15, 0.2) is 12.7 Å². The summed E-state index contributed by atoms with van der Waals surface area (Å²) in [5, 5.41) is 0. The van der Waals surface area contributed by atoms with E-state index in [1.165, 1.54) is 0 Å². The highest BCUT2D eigenvalue weighted by Crippen LogP contribution is 1.66. The summed E-state index contributed by atoms with van der Waals surface area (Å²) < 4.78 is 8.46. The van der Waals surface area contributed by atoms with Crippen LogP contribution in [0.3, 0.4) is 0 Å². The maximum Gasteiger partial charge on any atom is 0.324 e. The van der Waals surface area contributed by atoms with Crippen LogP contribution in [-0.4, -0.2) is 4.89 Å². The minimum absolute atomic E-state index is 0.833. The predicted octanol–water partition coefficient (Wildman–Crippen LogP) is 1.38. The van der Waals surface area contributed by atoms with Crippen LogP contribution in [0, 0.1) is 0 Å². The molecule has 3 heteroatoms. The molecule has 0 fully saturated rings. The third-order valence-electron chi connectivity index (χ3n) is 0. The van der Waals surface area contributed by atoms with Gasteiger partial charge in [-0.05, 0) is 6.92 Å². The quantitative estimate of drug-likeness (QED) is 0.374. The number of rotatable bonds is 0. The molecule has 0 aliphatic carbocycles. The lowest BCUT2D eigenvalue weighted by Crippen LogP contribution is -1.07. The van der Waals surface area contributed by atoms with Crippen molar-refractivity contribution in [3.8, 4) is 0 Å². The van der Waals surface area contributed by atoms with Gasteiger partial charge in [0.15, 0.2) is 0 Å². The van der Waals surface area contributed by atoms with E-state index >= 15 is 0 Å². The molecule has 0 unspecified atom stereocenters. The molecule has 1 N–H and O–H groups in total. The van der Waals surface area contributed by atoms with E-state index in [9.17, 15) is 0 Å². The summed E-state index contributed by atoms with van der Waals surface area (Å²) in [4.78, 5) is 6.99. The van der Waals surface area contributed by atoms with Gasteiger partial charge in [-0.3, -0.25) is 0 Å². The molecule has 2 nitrogen and oxygen atoms in total. The van der Waals surface area contributed by atoms with Crippen LogP contribution in [0.5, 0.6) is 0 Å². The van der Waals surface area contributed by atoms with E-state index in [0.717, 1.165) is 0 Å². The van der Waals surface area contributed by atoms with Crippen LogP contribution in [0.1, 0.15) is 6.92 Å². The Balaban J connectivity index is 0. The third-order valence-corrected chi connectivity index (χ3v) is 0. The van der Waals surface area contributed by atoms with Crippen molar-refractivity contribution in [2.24, 2.45) is 0 Å². The zero-order valence-corrected chi connectivity index (χ0v) is 4.48.